The van der Waals surface area contributed by atoms with Crippen molar-refractivity contribution in [3.05, 3.63) is 113 Å². The quantitative estimate of drug-likeness (QED) is 0.285. The topological polar surface area (TPSA) is 84.0 Å². The smallest absolute Gasteiger partial charge is 0.411 e. The van der Waals surface area contributed by atoms with Crippen LogP contribution in [-0.4, -0.2) is 55.5 Å². The van der Waals surface area contributed by atoms with E-state index >= 15 is 0 Å². The van der Waals surface area contributed by atoms with Gasteiger partial charge in [0.05, 0.1) is 17.0 Å². The lowest BCUT2D eigenvalue weighted by Crippen LogP contribution is -2.70. The van der Waals surface area contributed by atoms with Crippen LogP contribution in [-0.2, 0) is 19.4 Å². The molecule has 0 radical (unpaired) electrons. The van der Waals surface area contributed by atoms with E-state index in [2.05, 4.69) is 15.9 Å². The van der Waals surface area contributed by atoms with Gasteiger partial charge in [-0.3, -0.25) is 9.69 Å². The number of alkyl halides is 1. The van der Waals surface area contributed by atoms with Crippen LogP contribution in [0.15, 0.2) is 101 Å². The third kappa shape index (κ3) is 4.47. The molecule has 3 aliphatic rings. The summed E-state index contributed by atoms with van der Waals surface area (Å²) >= 11 is 3.85. The molecule has 0 bridgehead atoms. The van der Waals surface area contributed by atoms with Crippen LogP contribution in [0.2, 0.25) is 0 Å². The van der Waals surface area contributed by atoms with E-state index in [1.807, 2.05) is 67.6 Å². The number of amides is 2. The Kier molecular flexibility index (Phi) is 6.59. The standard InChI is InChI=1S/C30H27BrN2O5S/c1-19-12-14-23(15-13-19)39(36,37)18-22-16-32-27(25(22)26(31)21-10-6-3-7-11-21)28(29(32)34)33-24(17-38-30(33)35)20-8-4-2-5-9-20/h2-15,18,24-28H,16-17H2,1H3/b22-18+/t24-,25+,26?,27-,28+/m1/s1. The van der Waals surface area contributed by atoms with E-state index in [1.54, 1.807) is 34.1 Å². The molecule has 39 heavy (non-hydrogen) atoms. The maximum Gasteiger partial charge on any atom is 0.411 e. The van der Waals surface area contributed by atoms with E-state index in [4.69, 9.17) is 4.74 Å². The van der Waals surface area contributed by atoms with Gasteiger partial charge in [0.1, 0.15) is 12.6 Å². The normalized spacial score (nSPS) is 26.4. The van der Waals surface area contributed by atoms with Gasteiger partial charge in [0.2, 0.25) is 5.91 Å². The van der Waals surface area contributed by atoms with E-state index in [9.17, 15) is 18.0 Å². The molecule has 9 heteroatoms. The van der Waals surface area contributed by atoms with E-state index < -0.39 is 34.1 Å². The Morgan fingerprint density at radius 2 is 1.59 bits per heavy atom. The van der Waals surface area contributed by atoms with Gasteiger partial charge >= 0.3 is 6.09 Å². The third-order valence-electron chi connectivity index (χ3n) is 7.85. The number of halogens is 1. The zero-order valence-corrected chi connectivity index (χ0v) is 23.6. The molecule has 0 N–H and O–H groups in total. The zero-order valence-electron chi connectivity index (χ0n) is 21.2. The Labute approximate surface area is 236 Å². The van der Waals surface area contributed by atoms with E-state index in [0.717, 1.165) is 16.7 Å². The van der Waals surface area contributed by atoms with Gasteiger partial charge in [0, 0.05) is 22.7 Å². The maximum absolute atomic E-state index is 13.6. The molecule has 5 atom stereocenters. The number of hydrogen-bond acceptors (Lipinski definition) is 5. The number of ether oxygens (including phenoxy) is 1. The Hall–Kier alpha value is -3.43. The van der Waals surface area contributed by atoms with Gasteiger partial charge in [-0.05, 0) is 35.8 Å². The molecule has 1 unspecified atom stereocenters. The van der Waals surface area contributed by atoms with Crippen LogP contribution < -0.4 is 0 Å². The third-order valence-corrected chi connectivity index (χ3v) is 10.5. The lowest BCUT2D eigenvalue weighted by Gasteiger charge is -2.49. The summed E-state index contributed by atoms with van der Waals surface area (Å²) in [5, 5.41) is 1.32. The highest BCUT2D eigenvalue weighted by molar-refractivity contribution is 9.09. The molecule has 3 aromatic carbocycles. The summed E-state index contributed by atoms with van der Waals surface area (Å²) in [7, 11) is -3.77. The molecule has 7 nitrogen and oxygen atoms in total. The summed E-state index contributed by atoms with van der Waals surface area (Å²) in [5.41, 5.74) is 3.45. The highest BCUT2D eigenvalue weighted by Crippen LogP contribution is 2.51. The van der Waals surface area contributed by atoms with Gasteiger partial charge in [-0.2, -0.15) is 0 Å². The number of aryl methyl sites for hydroxylation is 1. The molecular weight excluding hydrogens is 580 g/mol. The molecule has 0 saturated carbocycles. The van der Waals surface area contributed by atoms with Crippen LogP contribution in [0.4, 0.5) is 4.79 Å². The van der Waals surface area contributed by atoms with E-state index in [1.165, 1.54) is 5.41 Å². The molecule has 3 saturated heterocycles. The zero-order chi connectivity index (χ0) is 27.3. The Morgan fingerprint density at radius 3 is 2.26 bits per heavy atom. The van der Waals surface area contributed by atoms with E-state index in [0.29, 0.717) is 5.57 Å². The van der Waals surface area contributed by atoms with Crippen LogP contribution in [0.3, 0.4) is 0 Å². The molecular formula is C30H27BrN2O5S. The minimum Gasteiger partial charge on any atom is -0.447 e. The number of hydrogen-bond donors (Lipinski definition) is 0. The predicted octanol–water partition coefficient (Wildman–Crippen LogP) is 5.19. The number of benzene rings is 3. The van der Waals surface area contributed by atoms with Crippen molar-refractivity contribution in [1.29, 1.82) is 0 Å². The van der Waals surface area contributed by atoms with Crippen molar-refractivity contribution in [2.24, 2.45) is 5.92 Å². The number of nitrogens with zero attached hydrogens (tertiary/aromatic N) is 2. The molecule has 2 amide bonds. The molecule has 0 aliphatic carbocycles. The lowest BCUT2D eigenvalue weighted by molar-refractivity contribution is -0.155. The first-order valence-electron chi connectivity index (χ1n) is 12.8. The predicted molar refractivity (Wildman–Crippen MR) is 150 cm³/mol. The van der Waals surface area contributed by atoms with Gasteiger partial charge in [-0.15, -0.1) is 0 Å². The number of carbonyl (C=O) groups is 2. The molecule has 6 rings (SSSR count). The summed E-state index contributed by atoms with van der Waals surface area (Å²) in [6.45, 7) is 2.24. The average molecular weight is 608 g/mol. The van der Waals surface area contributed by atoms with Crippen LogP contribution in [0.5, 0.6) is 0 Å². The first-order valence-corrected chi connectivity index (χ1v) is 15.2. The largest absolute Gasteiger partial charge is 0.447 e. The average Bonchev–Trinajstić information content (AvgIpc) is 3.47. The van der Waals surface area contributed by atoms with Crippen LogP contribution >= 0.6 is 15.9 Å². The minimum absolute atomic E-state index is 0.158. The molecule has 0 aromatic heterocycles. The summed E-state index contributed by atoms with van der Waals surface area (Å²) in [6, 6.07) is 24.4. The second-order valence-corrected chi connectivity index (χ2v) is 13.0. The fourth-order valence-corrected chi connectivity index (χ4v) is 8.16. The second-order valence-electron chi connectivity index (χ2n) is 10.2. The van der Waals surface area contributed by atoms with Gasteiger partial charge in [-0.1, -0.05) is 94.3 Å². The Balaban J connectivity index is 1.41. The van der Waals surface area contributed by atoms with Crippen LogP contribution in [0.25, 0.3) is 0 Å². The highest BCUT2D eigenvalue weighted by Gasteiger charge is 2.63. The molecule has 3 fully saturated rings. The monoisotopic (exact) mass is 606 g/mol. The van der Waals surface area contributed by atoms with Gasteiger partial charge in [-0.25, -0.2) is 13.2 Å². The first-order chi connectivity index (χ1) is 18.8. The maximum atomic E-state index is 13.6. The van der Waals surface area contributed by atoms with Gasteiger partial charge in [0.15, 0.2) is 9.84 Å². The van der Waals surface area contributed by atoms with Crippen molar-refractivity contribution in [3.8, 4) is 0 Å². The van der Waals surface area contributed by atoms with Crippen molar-refractivity contribution in [3.63, 3.8) is 0 Å². The van der Waals surface area contributed by atoms with Crippen molar-refractivity contribution < 1.29 is 22.7 Å². The number of rotatable bonds is 6. The number of β-lactam (4-membered cyclic amide) rings is 1. The molecule has 3 aliphatic heterocycles. The number of fused-ring (bicyclic) bond motifs is 1. The molecule has 3 heterocycles. The minimum atomic E-state index is -3.77. The van der Waals surface area contributed by atoms with Crippen molar-refractivity contribution in [1.82, 2.24) is 9.80 Å². The first kappa shape index (κ1) is 25.8. The lowest BCUT2D eigenvalue weighted by atomic mass is 9.81. The van der Waals surface area contributed by atoms with Crippen LogP contribution in [0, 0.1) is 12.8 Å². The summed E-state index contributed by atoms with van der Waals surface area (Å²) in [6.07, 6.45) is -0.531. The second kappa shape index (κ2) is 9.95. The molecule has 0 spiro atoms. The van der Waals surface area contributed by atoms with Crippen molar-refractivity contribution in [2.45, 2.75) is 34.8 Å². The van der Waals surface area contributed by atoms with Crippen molar-refractivity contribution in [2.75, 3.05) is 13.2 Å². The fraction of sp³-hybridized carbons (Fsp3) is 0.267. The summed E-state index contributed by atoms with van der Waals surface area (Å²) < 4.78 is 32.4. The van der Waals surface area contributed by atoms with E-state index in [-0.39, 0.29) is 34.7 Å². The number of carbonyl (C=O) groups excluding carboxylic acids is 2. The molecule has 3 aromatic rings. The highest BCUT2D eigenvalue weighted by atomic mass is 79.9. The van der Waals surface area contributed by atoms with Gasteiger partial charge in [0.25, 0.3) is 0 Å². The summed E-state index contributed by atoms with van der Waals surface area (Å²) in [4.78, 5) is 29.7. The Morgan fingerprint density at radius 1 is 0.949 bits per heavy atom. The number of cyclic esters (lactones) is 1. The molecule has 200 valence electrons. The SMILES string of the molecule is Cc1ccc(S(=O)(=O)/C=C2\CN3C(=O)[C@@H](N4C(=O)OC[C@@H]4c4ccccc4)[C@H]3[C@@H]2C(Br)c2ccccc2)cc1. The Bertz CT molecular complexity index is 1540. The summed E-state index contributed by atoms with van der Waals surface area (Å²) in [5.74, 6) is -0.575. The van der Waals surface area contributed by atoms with Crippen LogP contribution in [0.1, 0.15) is 27.6 Å². The fourth-order valence-electron chi connectivity index (χ4n) is 5.92. The van der Waals surface area contributed by atoms with Crippen molar-refractivity contribution >= 4 is 37.8 Å². The van der Waals surface area contributed by atoms with Gasteiger partial charge < -0.3 is 9.64 Å². The number of sulfone groups is 1.